The van der Waals surface area contributed by atoms with Crippen molar-refractivity contribution in [3.63, 3.8) is 0 Å². The molecule has 3 rings (SSSR count). The molecule has 1 heterocycles. The largest absolute Gasteiger partial charge is 0.335 e. The van der Waals surface area contributed by atoms with Gasteiger partial charge in [-0.3, -0.25) is 0 Å². The molecule has 0 spiro atoms. The number of likely N-dealkylation sites (N-methyl/N-ethyl adjacent to an activating group) is 1. The van der Waals surface area contributed by atoms with Gasteiger partial charge in [0.2, 0.25) is 0 Å². The molecule has 3 aliphatic rings. The Kier molecular flexibility index (Phi) is 3.96. The van der Waals surface area contributed by atoms with Crippen LogP contribution in [0.1, 0.15) is 39.0 Å². The van der Waals surface area contributed by atoms with Gasteiger partial charge < -0.3 is 15.1 Å². The van der Waals surface area contributed by atoms with E-state index in [0.717, 1.165) is 51.0 Å². The maximum absolute atomic E-state index is 12.2. The summed E-state index contributed by atoms with van der Waals surface area (Å²) in [5, 5.41) is 3.23. The summed E-state index contributed by atoms with van der Waals surface area (Å²) in [6, 6.07) is 0.640. The molecule has 108 valence electrons. The van der Waals surface area contributed by atoms with Crippen LogP contribution in [0.4, 0.5) is 4.79 Å². The van der Waals surface area contributed by atoms with Crippen LogP contribution in [0.25, 0.3) is 0 Å². The molecule has 1 aliphatic heterocycles. The highest BCUT2D eigenvalue weighted by atomic mass is 16.2. The lowest BCUT2D eigenvalue weighted by atomic mass is 9.77. The number of amides is 2. The maximum atomic E-state index is 12.2. The molecule has 0 aromatic heterocycles. The van der Waals surface area contributed by atoms with Crippen LogP contribution < -0.4 is 5.32 Å². The first kappa shape index (κ1) is 13.2. The molecular formula is C15H27N3O. The van der Waals surface area contributed by atoms with E-state index in [-0.39, 0.29) is 6.03 Å². The number of nitrogens with zero attached hydrogens (tertiary/aromatic N) is 2. The number of nitrogens with one attached hydrogen (secondary N) is 1. The van der Waals surface area contributed by atoms with E-state index >= 15 is 0 Å². The highest BCUT2D eigenvalue weighted by molar-refractivity contribution is 5.74. The summed E-state index contributed by atoms with van der Waals surface area (Å²) in [5.74, 6) is 1.93. The molecule has 2 aliphatic carbocycles. The quantitative estimate of drug-likeness (QED) is 0.846. The molecule has 0 atom stereocenters. The van der Waals surface area contributed by atoms with Crippen LogP contribution in [0, 0.1) is 11.8 Å². The van der Waals surface area contributed by atoms with E-state index in [1.165, 1.54) is 25.7 Å². The van der Waals surface area contributed by atoms with Gasteiger partial charge in [-0.2, -0.15) is 0 Å². The van der Waals surface area contributed by atoms with Gasteiger partial charge in [0.25, 0.3) is 0 Å². The second kappa shape index (κ2) is 5.70. The van der Waals surface area contributed by atoms with E-state index in [0.29, 0.717) is 6.04 Å². The Labute approximate surface area is 116 Å². The molecule has 0 unspecified atom stereocenters. The Balaban J connectivity index is 1.40. The lowest BCUT2D eigenvalue weighted by molar-refractivity contribution is 0.163. The van der Waals surface area contributed by atoms with Crippen LogP contribution in [0.15, 0.2) is 0 Å². The Morgan fingerprint density at radius 3 is 2.58 bits per heavy atom. The fourth-order valence-corrected chi connectivity index (χ4v) is 3.49. The number of rotatable bonds is 3. The summed E-state index contributed by atoms with van der Waals surface area (Å²) >= 11 is 0. The Bertz CT molecular complexity index is 323. The maximum Gasteiger partial charge on any atom is 0.317 e. The van der Waals surface area contributed by atoms with Crippen molar-refractivity contribution in [2.75, 3.05) is 32.7 Å². The lowest BCUT2D eigenvalue weighted by Crippen LogP contribution is -2.51. The van der Waals surface area contributed by atoms with Gasteiger partial charge in [-0.15, -0.1) is 0 Å². The minimum absolute atomic E-state index is 0.178. The van der Waals surface area contributed by atoms with Gasteiger partial charge in [-0.1, -0.05) is 6.92 Å². The molecule has 2 amide bonds. The normalized spacial score (nSPS) is 32.6. The molecule has 1 N–H and O–H groups in total. The molecule has 3 fully saturated rings. The van der Waals surface area contributed by atoms with Gasteiger partial charge in [-0.25, -0.2) is 4.79 Å². The highest BCUT2D eigenvalue weighted by Gasteiger charge is 2.41. The summed E-state index contributed by atoms with van der Waals surface area (Å²) in [6.07, 6.45) is 6.43. The molecule has 0 bridgehead atoms. The number of hydrogen-bond acceptors (Lipinski definition) is 2. The molecule has 0 aromatic rings. The Morgan fingerprint density at radius 1 is 1.11 bits per heavy atom. The van der Waals surface area contributed by atoms with E-state index in [1.54, 1.807) is 0 Å². The van der Waals surface area contributed by atoms with Crippen molar-refractivity contribution >= 4 is 6.03 Å². The Hall–Kier alpha value is -0.770. The average Bonchev–Trinajstić information content (AvgIpc) is 3.18. The number of urea groups is 1. The molecule has 0 radical (unpaired) electrons. The van der Waals surface area contributed by atoms with Gasteiger partial charge in [0, 0.05) is 25.7 Å². The van der Waals surface area contributed by atoms with E-state index < -0.39 is 0 Å². The fourth-order valence-electron chi connectivity index (χ4n) is 3.49. The zero-order valence-electron chi connectivity index (χ0n) is 12.1. The van der Waals surface area contributed by atoms with Gasteiger partial charge in [0.15, 0.2) is 0 Å². The van der Waals surface area contributed by atoms with Crippen molar-refractivity contribution < 1.29 is 4.79 Å². The average molecular weight is 265 g/mol. The van der Waals surface area contributed by atoms with Gasteiger partial charge >= 0.3 is 6.03 Å². The van der Waals surface area contributed by atoms with E-state index in [4.69, 9.17) is 0 Å². The smallest absolute Gasteiger partial charge is 0.317 e. The molecule has 2 saturated carbocycles. The summed E-state index contributed by atoms with van der Waals surface area (Å²) in [4.78, 5) is 16.7. The molecule has 19 heavy (non-hydrogen) atoms. The Morgan fingerprint density at radius 2 is 1.89 bits per heavy atom. The van der Waals surface area contributed by atoms with Crippen molar-refractivity contribution in [3.8, 4) is 0 Å². The molecule has 4 heteroatoms. The van der Waals surface area contributed by atoms with Crippen molar-refractivity contribution in [1.29, 1.82) is 0 Å². The third-order valence-electron chi connectivity index (χ3n) is 5.11. The lowest BCUT2D eigenvalue weighted by Gasteiger charge is -2.37. The topological polar surface area (TPSA) is 35.6 Å². The second-order valence-corrected chi connectivity index (χ2v) is 6.49. The van der Waals surface area contributed by atoms with Gasteiger partial charge in [0.1, 0.15) is 0 Å². The van der Waals surface area contributed by atoms with Crippen molar-refractivity contribution in [3.05, 3.63) is 0 Å². The fraction of sp³-hybridized carbons (Fsp3) is 0.933. The zero-order chi connectivity index (χ0) is 13.2. The highest BCUT2D eigenvalue weighted by Crippen LogP contribution is 2.46. The van der Waals surface area contributed by atoms with E-state index in [9.17, 15) is 4.79 Å². The third kappa shape index (κ3) is 3.22. The number of carbonyl (C=O) groups excluding carboxylic acids is 1. The van der Waals surface area contributed by atoms with Crippen LogP contribution in [0.2, 0.25) is 0 Å². The van der Waals surface area contributed by atoms with Gasteiger partial charge in [-0.05, 0) is 57.0 Å². The zero-order valence-corrected chi connectivity index (χ0v) is 12.1. The predicted molar refractivity (Wildman–Crippen MR) is 76.1 cm³/mol. The van der Waals surface area contributed by atoms with Crippen molar-refractivity contribution in [2.45, 2.75) is 45.1 Å². The second-order valence-electron chi connectivity index (χ2n) is 6.49. The molecule has 1 saturated heterocycles. The first-order chi connectivity index (χ1) is 9.26. The molecule has 4 nitrogen and oxygen atoms in total. The first-order valence-electron chi connectivity index (χ1n) is 8.04. The summed E-state index contributed by atoms with van der Waals surface area (Å²) in [5.41, 5.74) is 0. The molecular weight excluding hydrogens is 238 g/mol. The van der Waals surface area contributed by atoms with Gasteiger partial charge in [0.05, 0.1) is 0 Å². The minimum atomic E-state index is 0.178. The SMILES string of the molecule is CCN1CCCN(C(=O)NC2CC(C3CC3)C2)CC1. The van der Waals surface area contributed by atoms with E-state index in [1.807, 2.05) is 4.90 Å². The molecule has 0 aromatic carbocycles. The standard InChI is InChI=1S/C15H27N3O/c1-2-17-6-3-7-18(9-8-17)15(19)16-14-10-13(11-14)12-4-5-12/h12-14H,2-11H2,1H3,(H,16,19). The first-order valence-corrected chi connectivity index (χ1v) is 8.04. The van der Waals surface area contributed by atoms with Crippen LogP contribution >= 0.6 is 0 Å². The van der Waals surface area contributed by atoms with Crippen molar-refractivity contribution in [1.82, 2.24) is 15.1 Å². The monoisotopic (exact) mass is 265 g/mol. The summed E-state index contributed by atoms with van der Waals surface area (Å²) in [6.45, 7) is 7.26. The van der Waals surface area contributed by atoms with E-state index in [2.05, 4.69) is 17.1 Å². The number of hydrogen-bond donors (Lipinski definition) is 1. The number of carbonyl (C=O) groups is 1. The third-order valence-corrected chi connectivity index (χ3v) is 5.11. The predicted octanol–water partition coefficient (Wildman–Crippen LogP) is 1.91. The van der Waals surface area contributed by atoms with Crippen LogP contribution in [-0.2, 0) is 0 Å². The summed E-state index contributed by atoms with van der Waals surface area (Å²) in [7, 11) is 0. The van der Waals surface area contributed by atoms with Crippen molar-refractivity contribution in [2.24, 2.45) is 11.8 Å². The van der Waals surface area contributed by atoms with Crippen LogP contribution in [0.3, 0.4) is 0 Å². The van der Waals surface area contributed by atoms with Crippen LogP contribution in [-0.4, -0.2) is 54.6 Å². The summed E-state index contributed by atoms with van der Waals surface area (Å²) < 4.78 is 0. The minimum Gasteiger partial charge on any atom is -0.335 e. The van der Waals surface area contributed by atoms with Crippen LogP contribution in [0.5, 0.6) is 0 Å².